The van der Waals surface area contributed by atoms with Crippen LogP contribution in [0.2, 0.25) is 37.8 Å². The van der Waals surface area contributed by atoms with Crippen LogP contribution in [0.25, 0.3) is 0 Å². The molecule has 0 rings (SSSR count). The molecule has 0 saturated heterocycles. The Hall–Kier alpha value is 1.01. The Morgan fingerprint density at radius 3 is 2.18 bits per heavy atom. The number of hydrogen-bond donors (Lipinski definition) is 0. The van der Waals surface area contributed by atoms with Gasteiger partial charge in [0.1, 0.15) is 4.84 Å². The summed E-state index contributed by atoms with van der Waals surface area (Å²) in [6, 6.07) is 3.99. The summed E-state index contributed by atoms with van der Waals surface area (Å²) in [5.74, 6) is 0. The van der Waals surface area contributed by atoms with E-state index in [4.69, 9.17) is 23.2 Å². The van der Waals surface area contributed by atoms with Crippen LogP contribution in [0.5, 0.6) is 0 Å². The third kappa shape index (κ3) is 11.0. The topological polar surface area (TPSA) is 0 Å². The van der Waals surface area contributed by atoms with Gasteiger partial charge in [0.05, 0.1) is 0 Å². The van der Waals surface area contributed by atoms with Gasteiger partial charge in [0.15, 0.2) is 0 Å². The lowest BCUT2D eigenvalue weighted by molar-refractivity contribution is 1.27. The van der Waals surface area contributed by atoms with Gasteiger partial charge in [0, 0.05) is 17.6 Å². The first kappa shape index (κ1) is 12.0. The van der Waals surface area contributed by atoms with E-state index in [0.29, 0.717) is 0 Å². The molecule has 0 amide bonds. The highest BCUT2D eigenvalue weighted by Crippen LogP contribution is 2.14. The van der Waals surface area contributed by atoms with Crippen LogP contribution < -0.4 is 0 Å². The minimum Gasteiger partial charge on any atom is -0.106 e. The monoisotopic (exact) mass is 228 g/mol. The molecule has 4 heteroatoms. The summed E-state index contributed by atoms with van der Waals surface area (Å²) >= 11 is 11.3. The summed E-state index contributed by atoms with van der Waals surface area (Å²) in [6.07, 6.45) is 0. The van der Waals surface area contributed by atoms with E-state index >= 15 is 0 Å². The molecule has 0 aliphatic carbocycles. The zero-order valence-electron chi connectivity index (χ0n) is 7.66. The van der Waals surface area contributed by atoms with Crippen molar-refractivity contribution in [3.8, 4) is 0 Å². The highest BCUT2D eigenvalue weighted by atomic mass is 35.5. The van der Waals surface area contributed by atoms with Gasteiger partial charge in [0.2, 0.25) is 0 Å². The van der Waals surface area contributed by atoms with Gasteiger partial charge >= 0.3 is 0 Å². The summed E-state index contributed by atoms with van der Waals surface area (Å²) in [5.41, 5.74) is 0. The van der Waals surface area contributed by atoms with Crippen molar-refractivity contribution in [2.75, 3.05) is 0 Å². The molecule has 0 fully saturated rings. The molecule has 11 heavy (non-hydrogen) atoms. The van der Waals surface area contributed by atoms with E-state index in [9.17, 15) is 0 Å². The lowest BCUT2D eigenvalue weighted by Crippen LogP contribution is -2.19. The van der Waals surface area contributed by atoms with Crippen molar-refractivity contribution in [1.82, 2.24) is 0 Å². The first-order chi connectivity index (χ1) is 4.92. The maximum atomic E-state index is 5.64. The van der Waals surface area contributed by atoms with Gasteiger partial charge in [-0.15, -0.1) is 23.2 Å². The molecule has 0 aliphatic heterocycles. The summed E-state index contributed by atoms with van der Waals surface area (Å²) < 4.78 is 0. The standard InChI is InChI=1S/C7H18Cl2Si2/c1-11(2,3)5-4-10-6-7(8)9/h7H,4-6,10H2,1-3H3. The van der Waals surface area contributed by atoms with Crippen LogP contribution in [0.4, 0.5) is 0 Å². The molecule has 0 nitrogen and oxygen atoms in total. The third-order valence-electron chi connectivity index (χ3n) is 1.60. The Bertz CT molecular complexity index is 99.1. The number of alkyl halides is 2. The summed E-state index contributed by atoms with van der Waals surface area (Å²) in [5, 5.41) is 0. The van der Waals surface area contributed by atoms with E-state index in [1.165, 1.54) is 12.1 Å². The average molecular weight is 229 g/mol. The summed E-state index contributed by atoms with van der Waals surface area (Å²) in [4.78, 5) is -0.0942. The minimum absolute atomic E-state index is 0.0549. The first-order valence-electron chi connectivity index (χ1n) is 4.20. The molecule has 0 aromatic carbocycles. The molecule has 68 valence electrons. The predicted octanol–water partition coefficient (Wildman–Crippen LogP) is 3.13. The molecule has 0 spiro atoms. The minimum atomic E-state index is -0.781. The Morgan fingerprint density at radius 1 is 1.27 bits per heavy atom. The van der Waals surface area contributed by atoms with Crippen LogP contribution in [0.3, 0.4) is 0 Å². The van der Waals surface area contributed by atoms with Crippen molar-refractivity contribution < 1.29 is 0 Å². The SMILES string of the molecule is C[Si](C)(C)CC[SiH2]CC(Cl)Cl. The Kier molecular flexibility index (Phi) is 6.14. The maximum absolute atomic E-state index is 5.64. The van der Waals surface area contributed by atoms with Crippen LogP contribution in [-0.4, -0.2) is 22.4 Å². The molecule has 0 unspecified atom stereocenters. The fourth-order valence-corrected chi connectivity index (χ4v) is 7.72. The predicted molar refractivity (Wildman–Crippen MR) is 61.8 cm³/mol. The molecule has 0 atom stereocenters. The Labute approximate surface area is 83.5 Å². The molecule has 0 radical (unpaired) electrons. The normalized spacial score (nSPS) is 13.6. The molecule has 0 heterocycles. The fraction of sp³-hybridized carbons (Fsp3) is 1.00. The van der Waals surface area contributed by atoms with E-state index in [1.54, 1.807) is 0 Å². The summed E-state index contributed by atoms with van der Waals surface area (Å²) in [6.45, 7) is 7.25. The lowest BCUT2D eigenvalue weighted by atomic mass is 10.9. The number of halogens is 2. The van der Waals surface area contributed by atoms with Crippen LogP contribution in [0.15, 0.2) is 0 Å². The van der Waals surface area contributed by atoms with E-state index < -0.39 is 8.07 Å². The van der Waals surface area contributed by atoms with Crippen molar-refractivity contribution in [3.63, 3.8) is 0 Å². The number of rotatable bonds is 5. The van der Waals surface area contributed by atoms with Crippen LogP contribution in [-0.2, 0) is 0 Å². The number of hydrogen-bond acceptors (Lipinski definition) is 0. The highest BCUT2D eigenvalue weighted by molar-refractivity contribution is 6.76. The highest BCUT2D eigenvalue weighted by Gasteiger charge is 2.11. The van der Waals surface area contributed by atoms with Crippen molar-refractivity contribution in [1.29, 1.82) is 0 Å². The van der Waals surface area contributed by atoms with Crippen LogP contribution in [0, 0.1) is 0 Å². The van der Waals surface area contributed by atoms with E-state index in [-0.39, 0.29) is 14.4 Å². The third-order valence-corrected chi connectivity index (χ3v) is 7.17. The van der Waals surface area contributed by atoms with Gasteiger partial charge in [-0.1, -0.05) is 31.7 Å². The molecule has 0 N–H and O–H groups in total. The molecule has 0 aliphatic rings. The van der Waals surface area contributed by atoms with Crippen molar-refractivity contribution in [3.05, 3.63) is 0 Å². The van der Waals surface area contributed by atoms with Crippen LogP contribution >= 0.6 is 23.2 Å². The fourth-order valence-electron chi connectivity index (χ4n) is 0.954. The zero-order chi connectivity index (χ0) is 8.91. The van der Waals surface area contributed by atoms with Gasteiger partial charge in [-0.2, -0.15) is 0 Å². The second-order valence-electron chi connectivity index (χ2n) is 4.20. The van der Waals surface area contributed by atoms with E-state index in [0.717, 1.165) is 6.04 Å². The van der Waals surface area contributed by atoms with Crippen molar-refractivity contribution >= 4 is 40.8 Å². The van der Waals surface area contributed by atoms with Gasteiger partial charge in [-0.25, -0.2) is 0 Å². The van der Waals surface area contributed by atoms with Crippen LogP contribution in [0.1, 0.15) is 0 Å². The Balaban J connectivity index is 3.15. The first-order valence-corrected chi connectivity index (χ1v) is 10.8. The molecule has 0 bridgehead atoms. The van der Waals surface area contributed by atoms with Gasteiger partial charge < -0.3 is 0 Å². The van der Waals surface area contributed by atoms with Gasteiger partial charge in [0.25, 0.3) is 0 Å². The lowest BCUT2D eigenvalue weighted by Gasteiger charge is -2.14. The molecule has 0 aromatic heterocycles. The molecular weight excluding hydrogens is 211 g/mol. The van der Waals surface area contributed by atoms with E-state index in [2.05, 4.69) is 19.6 Å². The average Bonchev–Trinajstić information content (AvgIpc) is 1.78. The smallest absolute Gasteiger partial charge is 0.105 e. The van der Waals surface area contributed by atoms with Crippen molar-refractivity contribution in [2.45, 2.75) is 42.6 Å². The quantitative estimate of drug-likeness (QED) is 0.386. The second kappa shape index (κ2) is 5.62. The maximum Gasteiger partial charge on any atom is 0.105 e. The second-order valence-corrected chi connectivity index (χ2v) is 13.1. The van der Waals surface area contributed by atoms with E-state index in [1.807, 2.05) is 0 Å². The Morgan fingerprint density at radius 2 is 1.82 bits per heavy atom. The largest absolute Gasteiger partial charge is 0.106 e. The molecular formula is C7H18Cl2Si2. The molecule has 0 aromatic rings. The van der Waals surface area contributed by atoms with Gasteiger partial charge in [-0.05, 0) is 6.04 Å². The van der Waals surface area contributed by atoms with Crippen molar-refractivity contribution in [2.24, 2.45) is 0 Å². The zero-order valence-corrected chi connectivity index (χ0v) is 11.6. The molecule has 0 saturated carbocycles. The van der Waals surface area contributed by atoms with Gasteiger partial charge in [-0.3, -0.25) is 0 Å². The summed E-state index contributed by atoms with van der Waals surface area (Å²) in [7, 11) is -0.726.